The number of halogens is 1. The summed E-state index contributed by atoms with van der Waals surface area (Å²) in [6, 6.07) is 0. The van der Waals surface area contributed by atoms with Crippen LogP contribution >= 0.6 is 15.9 Å². The van der Waals surface area contributed by atoms with E-state index in [1.165, 1.54) is 5.69 Å². The Balaban J connectivity index is 2.29. The van der Waals surface area contributed by atoms with Crippen LogP contribution in [0.3, 0.4) is 0 Å². The summed E-state index contributed by atoms with van der Waals surface area (Å²) in [5, 5.41) is 8.03. The smallest absolute Gasteiger partial charge is 0.138 e. The van der Waals surface area contributed by atoms with E-state index in [2.05, 4.69) is 51.8 Å². The van der Waals surface area contributed by atoms with Crippen LogP contribution < -0.4 is 5.32 Å². The van der Waals surface area contributed by atoms with Gasteiger partial charge in [-0.3, -0.25) is 0 Å². The standard InChI is InChI=1S/C11H18BrN3/c1-11(2,3)7-8-9(12)10-13-5-4-6-15(10)14-8/h13H,4-7H2,1-3H3. The van der Waals surface area contributed by atoms with Crippen LogP contribution in [0, 0.1) is 5.41 Å². The van der Waals surface area contributed by atoms with Gasteiger partial charge in [0, 0.05) is 13.1 Å². The molecule has 1 aliphatic rings. The average Bonchev–Trinajstić information content (AvgIpc) is 2.42. The number of aromatic nitrogens is 2. The molecule has 0 spiro atoms. The van der Waals surface area contributed by atoms with Gasteiger partial charge in [-0.25, -0.2) is 4.68 Å². The van der Waals surface area contributed by atoms with Gasteiger partial charge in [-0.2, -0.15) is 5.10 Å². The molecule has 0 aliphatic carbocycles. The predicted octanol–water partition coefficient (Wildman–Crippen LogP) is 3.05. The minimum absolute atomic E-state index is 0.285. The van der Waals surface area contributed by atoms with Gasteiger partial charge >= 0.3 is 0 Å². The maximum absolute atomic E-state index is 4.64. The van der Waals surface area contributed by atoms with E-state index in [1.54, 1.807) is 0 Å². The molecule has 2 heterocycles. The van der Waals surface area contributed by atoms with Crippen LogP contribution in [0.15, 0.2) is 4.47 Å². The Morgan fingerprint density at radius 2 is 2.20 bits per heavy atom. The quantitative estimate of drug-likeness (QED) is 0.851. The fourth-order valence-corrected chi connectivity index (χ4v) is 2.44. The van der Waals surface area contributed by atoms with Gasteiger partial charge in [0.15, 0.2) is 0 Å². The van der Waals surface area contributed by atoms with E-state index in [9.17, 15) is 0 Å². The van der Waals surface area contributed by atoms with Gasteiger partial charge in [0.1, 0.15) is 5.82 Å². The van der Waals surface area contributed by atoms with E-state index < -0.39 is 0 Å². The van der Waals surface area contributed by atoms with Crippen molar-refractivity contribution in [3.63, 3.8) is 0 Å². The fraction of sp³-hybridized carbons (Fsp3) is 0.727. The van der Waals surface area contributed by atoms with Crippen LogP contribution in [0.4, 0.5) is 5.82 Å². The zero-order valence-corrected chi connectivity index (χ0v) is 11.2. The second-order valence-corrected chi connectivity index (χ2v) is 6.14. The molecule has 0 saturated heterocycles. The molecule has 0 unspecified atom stereocenters. The summed E-state index contributed by atoms with van der Waals surface area (Å²) in [7, 11) is 0. The second-order valence-electron chi connectivity index (χ2n) is 5.35. The number of rotatable bonds is 1. The van der Waals surface area contributed by atoms with Crippen molar-refractivity contribution >= 4 is 21.7 Å². The molecule has 0 fully saturated rings. The molecule has 0 radical (unpaired) electrons. The van der Waals surface area contributed by atoms with E-state index in [1.807, 2.05) is 0 Å². The first kappa shape index (κ1) is 11.0. The molecule has 1 aromatic rings. The SMILES string of the molecule is CC(C)(C)Cc1nn2c(c1Br)NCCC2. The van der Waals surface area contributed by atoms with E-state index in [4.69, 9.17) is 0 Å². The number of hydrogen-bond donors (Lipinski definition) is 1. The predicted molar refractivity (Wildman–Crippen MR) is 66.2 cm³/mol. The summed E-state index contributed by atoms with van der Waals surface area (Å²) < 4.78 is 3.23. The number of anilines is 1. The van der Waals surface area contributed by atoms with Crippen LogP contribution in [0.5, 0.6) is 0 Å². The summed E-state index contributed by atoms with van der Waals surface area (Å²) in [5.41, 5.74) is 1.46. The molecule has 1 N–H and O–H groups in total. The summed E-state index contributed by atoms with van der Waals surface area (Å²) in [4.78, 5) is 0. The molecule has 2 rings (SSSR count). The number of fused-ring (bicyclic) bond motifs is 1. The van der Waals surface area contributed by atoms with Crippen LogP contribution in [-0.4, -0.2) is 16.3 Å². The highest BCUT2D eigenvalue weighted by atomic mass is 79.9. The maximum Gasteiger partial charge on any atom is 0.138 e. The first-order valence-electron chi connectivity index (χ1n) is 5.46. The molecule has 4 heteroatoms. The third-order valence-electron chi connectivity index (χ3n) is 2.50. The van der Waals surface area contributed by atoms with Crippen LogP contribution in [0.25, 0.3) is 0 Å². The summed E-state index contributed by atoms with van der Waals surface area (Å²) >= 11 is 3.64. The topological polar surface area (TPSA) is 29.9 Å². The number of nitrogens with zero attached hydrogens (tertiary/aromatic N) is 2. The molecule has 0 amide bonds. The molecular weight excluding hydrogens is 254 g/mol. The zero-order chi connectivity index (χ0) is 11.1. The molecule has 0 aromatic carbocycles. The lowest BCUT2D eigenvalue weighted by Gasteiger charge is -2.16. The third kappa shape index (κ3) is 2.36. The highest BCUT2D eigenvalue weighted by Crippen LogP contribution is 2.32. The van der Waals surface area contributed by atoms with Crippen molar-refractivity contribution in [2.75, 3.05) is 11.9 Å². The maximum atomic E-state index is 4.64. The molecule has 3 nitrogen and oxygen atoms in total. The molecule has 0 saturated carbocycles. The van der Waals surface area contributed by atoms with Crippen molar-refractivity contribution in [3.05, 3.63) is 10.2 Å². The minimum atomic E-state index is 0.285. The number of nitrogens with one attached hydrogen (secondary N) is 1. The molecule has 1 aromatic heterocycles. The molecule has 15 heavy (non-hydrogen) atoms. The first-order valence-corrected chi connectivity index (χ1v) is 6.26. The molecule has 1 aliphatic heterocycles. The highest BCUT2D eigenvalue weighted by molar-refractivity contribution is 9.10. The van der Waals surface area contributed by atoms with Crippen LogP contribution in [-0.2, 0) is 13.0 Å². The first-order chi connectivity index (χ1) is 6.97. The summed E-state index contributed by atoms with van der Waals surface area (Å²) in [6.45, 7) is 8.81. The number of hydrogen-bond acceptors (Lipinski definition) is 2. The lowest BCUT2D eigenvalue weighted by molar-refractivity contribution is 0.402. The molecule has 0 atom stereocenters. The minimum Gasteiger partial charge on any atom is -0.369 e. The van der Waals surface area contributed by atoms with Crippen molar-refractivity contribution in [1.29, 1.82) is 0 Å². The third-order valence-corrected chi connectivity index (χ3v) is 3.33. The van der Waals surface area contributed by atoms with Crippen molar-refractivity contribution in [2.45, 2.75) is 40.2 Å². The Bertz CT molecular complexity index is 363. The van der Waals surface area contributed by atoms with Crippen molar-refractivity contribution < 1.29 is 0 Å². The summed E-state index contributed by atoms with van der Waals surface area (Å²) in [6.07, 6.45) is 2.17. The van der Waals surface area contributed by atoms with Crippen molar-refractivity contribution in [2.24, 2.45) is 5.41 Å². The Labute approximate surface area is 99.4 Å². The Kier molecular flexibility index (Phi) is 2.79. The fourth-order valence-electron chi connectivity index (χ4n) is 1.87. The van der Waals surface area contributed by atoms with Gasteiger partial charge in [0.25, 0.3) is 0 Å². The summed E-state index contributed by atoms with van der Waals surface area (Å²) in [5.74, 6) is 1.15. The normalized spacial score (nSPS) is 16.0. The van der Waals surface area contributed by atoms with Gasteiger partial charge in [0.2, 0.25) is 0 Å². The lowest BCUT2D eigenvalue weighted by atomic mass is 9.91. The van der Waals surface area contributed by atoms with Gasteiger partial charge in [0.05, 0.1) is 10.2 Å². The highest BCUT2D eigenvalue weighted by Gasteiger charge is 2.22. The Morgan fingerprint density at radius 3 is 2.80 bits per heavy atom. The zero-order valence-electron chi connectivity index (χ0n) is 9.60. The number of aryl methyl sites for hydroxylation is 1. The van der Waals surface area contributed by atoms with Crippen LogP contribution in [0.1, 0.15) is 32.9 Å². The van der Waals surface area contributed by atoms with Crippen LogP contribution in [0.2, 0.25) is 0 Å². The van der Waals surface area contributed by atoms with Gasteiger partial charge in [-0.1, -0.05) is 20.8 Å². The van der Waals surface area contributed by atoms with Gasteiger partial charge < -0.3 is 5.32 Å². The van der Waals surface area contributed by atoms with Crippen molar-refractivity contribution in [3.8, 4) is 0 Å². The monoisotopic (exact) mass is 271 g/mol. The van der Waals surface area contributed by atoms with E-state index >= 15 is 0 Å². The van der Waals surface area contributed by atoms with E-state index in [-0.39, 0.29) is 5.41 Å². The second kappa shape index (κ2) is 3.81. The van der Waals surface area contributed by atoms with E-state index in [0.717, 1.165) is 36.2 Å². The van der Waals surface area contributed by atoms with Gasteiger partial charge in [-0.05, 0) is 34.2 Å². The molecule has 84 valence electrons. The lowest BCUT2D eigenvalue weighted by Crippen LogP contribution is -2.17. The van der Waals surface area contributed by atoms with E-state index in [0.29, 0.717) is 0 Å². The Hall–Kier alpha value is -0.510. The average molecular weight is 272 g/mol. The largest absolute Gasteiger partial charge is 0.369 e. The molecule has 0 bridgehead atoms. The Morgan fingerprint density at radius 1 is 1.47 bits per heavy atom. The van der Waals surface area contributed by atoms with Crippen molar-refractivity contribution in [1.82, 2.24) is 9.78 Å². The molecular formula is C11H18BrN3. The van der Waals surface area contributed by atoms with Gasteiger partial charge in [-0.15, -0.1) is 0 Å².